The molecule has 5 heteroatoms. The van der Waals surface area contributed by atoms with Crippen LogP contribution in [0, 0.1) is 26.0 Å². The van der Waals surface area contributed by atoms with Gasteiger partial charge in [0.2, 0.25) is 0 Å². The third kappa shape index (κ3) is 5.60. The van der Waals surface area contributed by atoms with Gasteiger partial charge in [-0.15, -0.1) is 22.6 Å². The first-order valence-corrected chi connectivity index (χ1v) is 21.0. The minimum absolute atomic E-state index is 0. The van der Waals surface area contributed by atoms with Gasteiger partial charge in [-0.2, -0.15) is 36.4 Å². The zero-order chi connectivity index (χ0) is 40.7. The Balaban J connectivity index is 0.00000432. The monoisotopic (exact) mass is 975 g/mol. The normalized spacial score (nSPS) is 13.5. The van der Waals surface area contributed by atoms with Crippen LogP contribution < -0.4 is 9.80 Å². The smallest absolute Gasteiger partial charge is 0.345 e. The van der Waals surface area contributed by atoms with E-state index in [-0.39, 0.29) is 21.1 Å². The van der Waals surface area contributed by atoms with Crippen LogP contribution >= 0.6 is 0 Å². The molecule has 0 N–H and O–H groups in total. The number of benzene rings is 8. The van der Waals surface area contributed by atoms with Gasteiger partial charge < -0.3 is 14.4 Å². The van der Waals surface area contributed by atoms with E-state index in [4.69, 9.17) is 4.98 Å². The Bertz CT molecular complexity index is 3280. The van der Waals surface area contributed by atoms with Crippen molar-refractivity contribution in [3.8, 4) is 28.1 Å². The summed E-state index contributed by atoms with van der Waals surface area (Å²) in [5.74, 6) is 0.866. The largest absolute Gasteiger partial charge is 2.00 e. The number of para-hydroxylation sites is 4. The summed E-state index contributed by atoms with van der Waals surface area (Å²) in [5.41, 5.74) is 17.9. The average Bonchev–Trinajstić information content (AvgIpc) is 3.96. The molecule has 0 unspecified atom stereocenters. The van der Waals surface area contributed by atoms with Crippen molar-refractivity contribution in [3.05, 3.63) is 240 Å². The molecule has 0 atom stereocenters. The van der Waals surface area contributed by atoms with E-state index in [0.29, 0.717) is 6.67 Å². The van der Waals surface area contributed by atoms with Gasteiger partial charge in [-0.3, -0.25) is 0 Å². The molecular weight excluding hydrogens is 936 g/mol. The maximum Gasteiger partial charge on any atom is 2.00 e. The summed E-state index contributed by atoms with van der Waals surface area (Å²) in [6.45, 7) is 5.05. The summed E-state index contributed by atoms with van der Waals surface area (Å²) in [4.78, 5) is 9.85. The van der Waals surface area contributed by atoms with Crippen LogP contribution in [0.4, 0.5) is 22.7 Å². The van der Waals surface area contributed by atoms with Gasteiger partial charge in [0.15, 0.2) is 0 Å². The van der Waals surface area contributed by atoms with Crippen molar-refractivity contribution >= 4 is 44.6 Å². The van der Waals surface area contributed by atoms with Crippen LogP contribution in [0.15, 0.2) is 194 Å². The molecule has 0 radical (unpaired) electrons. The molecule has 4 nitrogen and oxygen atoms in total. The van der Waals surface area contributed by atoms with Crippen LogP contribution in [-0.4, -0.2) is 16.2 Å². The van der Waals surface area contributed by atoms with Crippen LogP contribution in [-0.2, 0) is 26.5 Å². The van der Waals surface area contributed by atoms with Crippen molar-refractivity contribution in [2.45, 2.75) is 19.3 Å². The summed E-state index contributed by atoms with van der Waals surface area (Å²) < 4.78 is 2.31. The molecule has 0 saturated heterocycles. The summed E-state index contributed by atoms with van der Waals surface area (Å²) in [6.07, 6.45) is 1.95. The maximum absolute atomic E-state index is 5.07. The molecule has 0 spiro atoms. The molecule has 62 heavy (non-hydrogen) atoms. The predicted octanol–water partition coefficient (Wildman–Crippen LogP) is 13.7. The van der Waals surface area contributed by atoms with Crippen LogP contribution in [0.25, 0.3) is 49.9 Å². The summed E-state index contributed by atoms with van der Waals surface area (Å²) in [6, 6.07) is 76.2. The SMILES string of the molecule is Cc1cccc(C)c1-c1ccnc(-n2c3[c-]c(C4(c5[c-]c(N6CN(c7ccccc7)c7ccccc76)ccc5)c5ccccc5-c5ccccc54)ccc3c3ccccc32)c1.[Pt+2]. The summed E-state index contributed by atoms with van der Waals surface area (Å²) in [5, 5.41) is 2.31. The molecule has 1 aliphatic carbocycles. The first kappa shape index (κ1) is 38.0. The van der Waals surface area contributed by atoms with E-state index >= 15 is 0 Å². The molecule has 12 rings (SSSR count). The van der Waals surface area contributed by atoms with Gasteiger partial charge in [-0.25, -0.2) is 4.98 Å². The van der Waals surface area contributed by atoms with Gasteiger partial charge in [0, 0.05) is 22.8 Å². The van der Waals surface area contributed by atoms with Gasteiger partial charge in [-0.1, -0.05) is 126 Å². The van der Waals surface area contributed by atoms with Crippen molar-refractivity contribution in [3.63, 3.8) is 0 Å². The van der Waals surface area contributed by atoms with Crippen molar-refractivity contribution in [1.82, 2.24) is 9.55 Å². The number of anilines is 4. The quantitative estimate of drug-likeness (QED) is 0.155. The zero-order valence-corrected chi connectivity index (χ0v) is 36.6. The molecule has 0 fully saturated rings. The number of rotatable bonds is 6. The Morgan fingerprint density at radius 2 is 1.16 bits per heavy atom. The second-order valence-corrected chi connectivity index (χ2v) is 16.3. The molecule has 298 valence electrons. The van der Waals surface area contributed by atoms with Crippen molar-refractivity contribution in [1.29, 1.82) is 0 Å². The molecule has 0 saturated carbocycles. The topological polar surface area (TPSA) is 24.3 Å². The molecule has 2 aliphatic rings. The minimum atomic E-state index is -0.718. The van der Waals surface area contributed by atoms with Gasteiger partial charge in [-0.05, 0) is 106 Å². The van der Waals surface area contributed by atoms with Crippen molar-refractivity contribution < 1.29 is 21.1 Å². The molecule has 1 aliphatic heterocycles. The predicted molar refractivity (Wildman–Crippen MR) is 250 cm³/mol. The van der Waals surface area contributed by atoms with E-state index in [0.717, 1.165) is 56.0 Å². The van der Waals surface area contributed by atoms with E-state index in [1.807, 2.05) is 6.20 Å². The van der Waals surface area contributed by atoms with Crippen molar-refractivity contribution in [2.75, 3.05) is 16.5 Å². The average molecular weight is 976 g/mol. The van der Waals surface area contributed by atoms with E-state index in [2.05, 4.69) is 228 Å². The molecule has 0 bridgehead atoms. The van der Waals surface area contributed by atoms with E-state index in [1.54, 1.807) is 0 Å². The first-order valence-electron chi connectivity index (χ1n) is 21.0. The van der Waals surface area contributed by atoms with Gasteiger partial charge in [0.25, 0.3) is 0 Å². The third-order valence-electron chi connectivity index (χ3n) is 13.0. The fourth-order valence-electron chi connectivity index (χ4n) is 10.4. The number of fused-ring (bicyclic) bond motifs is 7. The van der Waals surface area contributed by atoms with Crippen LogP contribution in [0.5, 0.6) is 0 Å². The van der Waals surface area contributed by atoms with Gasteiger partial charge in [0.1, 0.15) is 5.82 Å². The second kappa shape index (κ2) is 14.9. The molecule has 0 amide bonds. The number of nitrogens with zero attached hydrogens (tertiary/aromatic N) is 4. The van der Waals surface area contributed by atoms with Gasteiger partial charge >= 0.3 is 21.1 Å². The van der Waals surface area contributed by atoms with Crippen LogP contribution in [0.2, 0.25) is 0 Å². The van der Waals surface area contributed by atoms with Crippen LogP contribution in [0.3, 0.4) is 0 Å². The second-order valence-electron chi connectivity index (χ2n) is 16.3. The summed E-state index contributed by atoms with van der Waals surface area (Å²) >= 11 is 0. The van der Waals surface area contributed by atoms with Crippen molar-refractivity contribution in [2.24, 2.45) is 0 Å². The standard InChI is InChI=1S/C57H40N4.Pt/c1-38-16-14-17-39(2)56(38)40-32-33-58-55(34-40)61-51-27-11-8-24-47(51)48-31-30-42(36-54(48)61)57(49-25-9-6-22-45(49)46-23-7-10-26-50(46)57)41-18-15-21-44(35-41)60-37-59(43-19-4-3-5-20-43)52-28-12-13-29-53(52)60;/h3-34H,37H2,1-2H3;/q-2;+2. The molecular formula is C57H40N4Pt. The first-order chi connectivity index (χ1) is 30.1. The molecule has 8 aromatic carbocycles. The Hall–Kier alpha value is -7.00. The Morgan fingerprint density at radius 1 is 0.532 bits per heavy atom. The molecule has 2 aromatic heterocycles. The van der Waals surface area contributed by atoms with Crippen LogP contribution in [0.1, 0.15) is 33.4 Å². The number of aromatic nitrogens is 2. The molecule has 10 aromatic rings. The number of hydrogen-bond acceptors (Lipinski definition) is 3. The maximum atomic E-state index is 5.07. The summed E-state index contributed by atoms with van der Waals surface area (Å²) in [7, 11) is 0. The molecule has 3 heterocycles. The minimum Gasteiger partial charge on any atom is -0.345 e. The zero-order valence-electron chi connectivity index (χ0n) is 34.3. The van der Waals surface area contributed by atoms with E-state index < -0.39 is 5.41 Å². The number of hydrogen-bond donors (Lipinski definition) is 0. The fraction of sp³-hybridized carbons (Fsp3) is 0.0702. The number of pyridine rings is 1. The van der Waals surface area contributed by atoms with E-state index in [1.165, 1.54) is 50.0 Å². The van der Waals surface area contributed by atoms with Gasteiger partial charge in [0.05, 0.1) is 18.0 Å². The number of aryl methyl sites for hydroxylation is 2. The Labute approximate surface area is 376 Å². The fourth-order valence-corrected chi connectivity index (χ4v) is 10.4. The Kier molecular flexibility index (Phi) is 9.10. The third-order valence-corrected chi connectivity index (χ3v) is 13.0. The van der Waals surface area contributed by atoms with E-state index in [9.17, 15) is 0 Å². The Morgan fingerprint density at radius 3 is 1.92 bits per heavy atom.